The molecule has 0 radical (unpaired) electrons. The first-order chi connectivity index (χ1) is 9.47. The molecule has 0 spiro atoms. The van der Waals surface area contributed by atoms with E-state index in [2.05, 4.69) is 5.32 Å². The molecule has 0 unspecified atom stereocenters. The Morgan fingerprint density at radius 2 is 2.00 bits per heavy atom. The van der Waals surface area contributed by atoms with Crippen molar-refractivity contribution in [1.29, 1.82) is 0 Å². The van der Waals surface area contributed by atoms with Crippen molar-refractivity contribution in [1.82, 2.24) is 0 Å². The standard InChI is InChI=1S/C13H15ClN2O4/c14-9-3-6-11(12(7-9)16(19)20)15-10-4-1-8(2-5-10)13(17)18/h3,6-8,10,15H,1-2,4-5H2,(H,17,18). The summed E-state index contributed by atoms with van der Waals surface area (Å²) in [6, 6.07) is 4.56. The first-order valence-electron chi connectivity index (χ1n) is 6.40. The van der Waals surface area contributed by atoms with Crippen LogP contribution in [0.3, 0.4) is 0 Å². The van der Waals surface area contributed by atoms with Crippen molar-refractivity contribution in [2.24, 2.45) is 5.92 Å². The normalized spacial score (nSPS) is 22.2. The van der Waals surface area contributed by atoms with Gasteiger partial charge in [-0.1, -0.05) is 11.6 Å². The van der Waals surface area contributed by atoms with E-state index in [0.29, 0.717) is 36.4 Å². The highest BCUT2D eigenvalue weighted by atomic mass is 35.5. The van der Waals surface area contributed by atoms with E-state index >= 15 is 0 Å². The highest BCUT2D eigenvalue weighted by Gasteiger charge is 2.27. The molecule has 1 aromatic carbocycles. The molecule has 0 aromatic heterocycles. The van der Waals surface area contributed by atoms with E-state index in [-0.39, 0.29) is 17.6 Å². The average Bonchev–Trinajstić information content (AvgIpc) is 2.41. The number of hydrogen-bond donors (Lipinski definition) is 2. The Hall–Kier alpha value is -1.82. The molecule has 0 saturated heterocycles. The Bertz CT molecular complexity index is 527. The Kier molecular flexibility index (Phi) is 4.44. The molecule has 0 atom stereocenters. The molecule has 7 heteroatoms. The van der Waals surface area contributed by atoms with Crippen LogP contribution in [0.15, 0.2) is 18.2 Å². The monoisotopic (exact) mass is 298 g/mol. The van der Waals surface area contributed by atoms with Crippen molar-refractivity contribution in [2.75, 3.05) is 5.32 Å². The number of benzene rings is 1. The Balaban J connectivity index is 2.04. The number of hydrogen-bond acceptors (Lipinski definition) is 4. The largest absolute Gasteiger partial charge is 0.481 e. The average molecular weight is 299 g/mol. The van der Waals surface area contributed by atoms with Gasteiger partial charge in [-0.3, -0.25) is 14.9 Å². The zero-order valence-corrected chi connectivity index (χ0v) is 11.5. The van der Waals surface area contributed by atoms with E-state index in [1.54, 1.807) is 12.1 Å². The first-order valence-corrected chi connectivity index (χ1v) is 6.78. The molecule has 0 heterocycles. The summed E-state index contributed by atoms with van der Waals surface area (Å²) in [6.45, 7) is 0. The van der Waals surface area contributed by atoms with Crippen LogP contribution in [0.5, 0.6) is 0 Å². The zero-order valence-electron chi connectivity index (χ0n) is 10.7. The van der Waals surface area contributed by atoms with E-state index < -0.39 is 10.9 Å². The number of halogens is 1. The van der Waals surface area contributed by atoms with Gasteiger partial charge in [0.25, 0.3) is 5.69 Å². The van der Waals surface area contributed by atoms with E-state index in [1.165, 1.54) is 6.07 Å². The fraction of sp³-hybridized carbons (Fsp3) is 0.462. The van der Waals surface area contributed by atoms with Crippen LogP contribution < -0.4 is 5.32 Å². The summed E-state index contributed by atoms with van der Waals surface area (Å²) >= 11 is 5.76. The summed E-state index contributed by atoms with van der Waals surface area (Å²) in [5.41, 5.74) is 0.371. The lowest BCUT2D eigenvalue weighted by Crippen LogP contribution is -2.29. The lowest BCUT2D eigenvalue weighted by Gasteiger charge is -2.27. The molecule has 2 rings (SSSR count). The van der Waals surface area contributed by atoms with Gasteiger partial charge in [0.05, 0.1) is 10.8 Å². The molecule has 6 nitrogen and oxygen atoms in total. The predicted molar refractivity (Wildman–Crippen MR) is 75.1 cm³/mol. The third-order valence-corrected chi connectivity index (χ3v) is 3.83. The number of aliphatic carboxylic acids is 1. The number of anilines is 1. The topological polar surface area (TPSA) is 92.5 Å². The quantitative estimate of drug-likeness (QED) is 0.657. The van der Waals surface area contributed by atoms with E-state index in [1.807, 2.05) is 0 Å². The third-order valence-electron chi connectivity index (χ3n) is 3.59. The number of nitro benzene ring substituents is 1. The molecule has 20 heavy (non-hydrogen) atoms. The fourth-order valence-corrected chi connectivity index (χ4v) is 2.65. The second-order valence-corrected chi connectivity index (χ2v) is 5.39. The maximum atomic E-state index is 11.0. The minimum absolute atomic E-state index is 0.0575. The summed E-state index contributed by atoms with van der Waals surface area (Å²) in [6.07, 6.45) is 2.57. The summed E-state index contributed by atoms with van der Waals surface area (Å²) in [5.74, 6) is -1.06. The lowest BCUT2D eigenvalue weighted by atomic mass is 9.86. The summed E-state index contributed by atoms with van der Waals surface area (Å²) < 4.78 is 0. The summed E-state index contributed by atoms with van der Waals surface area (Å²) in [7, 11) is 0. The van der Waals surface area contributed by atoms with Crippen molar-refractivity contribution >= 4 is 28.9 Å². The van der Waals surface area contributed by atoms with Gasteiger partial charge in [-0.2, -0.15) is 0 Å². The summed E-state index contributed by atoms with van der Waals surface area (Å²) in [5, 5.41) is 23.4. The van der Waals surface area contributed by atoms with E-state index in [0.717, 1.165) is 0 Å². The van der Waals surface area contributed by atoms with Crippen LogP contribution in [-0.4, -0.2) is 22.0 Å². The number of carboxylic acids is 1. The zero-order chi connectivity index (χ0) is 14.7. The number of rotatable bonds is 4. The van der Waals surface area contributed by atoms with Crippen LogP contribution in [0.1, 0.15) is 25.7 Å². The van der Waals surface area contributed by atoms with Gasteiger partial charge in [0.1, 0.15) is 5.69 Å². The van der Waals surface area contributed by atoms with Gasteiger partial charge < -0.3 is 10.4 Å². The van der Waals surface area contributed by atoms with Gasteiger partial charge in [0.15, 0.2) is 0 Å². The molecule has 0 bridgehead atoms. The Labute approximate surface area is 120 Å². The van der Waals surface area contributed by atoms with Crippen molar-refractivity contribution in [3.05, 3.63) is 33.3 Å². The van der Waals surface area contributed by atoms with Crippen molar-refractivity contribution < 1.29 is 14.8 Å². The highest BCUT2D eigenvalue weighted by Crippen LogP contribution is 2.32. The van der Waals surface area contributed by atoms with Crippen LogP contribution in [0, 0.1) is 16.0 Å². The number of carbonyl (C=O) groups is 1. The number of nitrogens with one attached hydrogen (secondary N) is 1. The van der Waals surface area contributed by atoms with Gasteiger partial charge >= 0.3 is 5.97 Å². The van der Waals surface area contributed by atoms with Crippen molar-refractivity contribution in [3.8, 4) is 0 Å². The van der Waals surface area contributed by atoms with E-state index in [4.69, 9.17) is 16.7 Å². The number of carboxylic acid groups (broad SMARTS) is 1. The molecule has 1 saturated carbocycles. The van der Waals surface area contributed by atoms with E-state index in [9.17, 15) is 14.9 Å². The lowest BCUT2D eigenvalue weighted by molar-refractivity contribution is -0.384. The molecule has 0 aliphatic heterocycles. The van der Waals surface area contributed by atoms with Crippen LogP contribution in [-0.2, 0) is 4.79 Å². The predicted octanol–water partition coefficient (Wildman–Crippen LogP) is 3.30. The Morgan fingerprint density at radius 1 is 1.35 bits per heavy atom. The van der Waals surface area contributed by atoms with Crippen LogP contribution in [0.25, 0.3) is 0 Å². The second kappa shape index (κ2) is 6.09. The smallest absolute Gasteiger partial charge is 0.306 e. The van der Waals surface area contributed by atoms with Crippen LogP contribution >= 0.6 is 11.6 Å². The number of nitro groups is 1. The number of nitrogens with zero attached hydrogens (tertiary/aromatic N) is 1. The minimum Gasteiger partial charge on any atom is -0.481 e. The molecule has 0 amide bonds. The molecular formula is C13H15ClN2O4. The molecular weight excluding hydrogens is 284 g/mol. The fourth-order valence-electron chi connectivity index (χ4n) is 2.48. The highest BCUT2D eigenvalue weighted by molar-refractivity contribution is 6.30. The SMILES string of the molecule is O=C(O)C1CCC(Nc2ccc(Cl)cc2[N+](=O)[O-])CC1. The molecule has 1 fully saturated rings. The maximum Gasteiger partial charge on any atom is 0.306 e. The van der Waals surface area contributed by atoms with Crippen LogP contribution in [0.4, 0.5) is 11.4 Å². The molecule has 1 aliphatic carbocycles. The van der Waals surface area contributed by atoms with Crippen LogP contribution in [0.2, 0.25) is 5.02 Å². The Morgan fingerprint density at radius 3 is 2.55 bits per heavy atom. The van der Waals surface area contributed by atoms with Crippen molar-refractivity contribution in [3.63, 3.8) is 0 Å². The van der Waals surface area contributed by atoms with Gasteiger partial charge in [-0.15, -0.1) is 0 Å². The van der Waals surface area contributed by atoms with Gasteiger partial charge in [-0.05, 0) is 37.8 Å². The first kappa shape index (κ1) is 14.6. The van der Waals surface area contributed by atoms with Gasteiger partial charge in [-0.25, -0.2) is 0 Å². The summed E-state index contributed by atoms with van der Waals surface area (Å²) in [4.78, 5) is 21.4. The maximum absolute atomic E-state index is 11.0. The third kappa shape index (κ3) is 3.39. The molecule has 1 aromatic rings. The second-order valence-electron chi connectivity index (χ2n) is 4.95. The molecule has 108 valence electrons. The van der Waals surface area contributed by atoms with Gasteiger partial charge in [0, 0.05) is 17.1 Å². The minimum atomic E-state index is -0.763. The van der Waals surface area contributed by atoms with Crippen molar-refractivity contribution in [2.45, 2.75) is 31.7 Å². The van der Waals surface area contributed by atoms with Gasteiger partial charge in [0.2, 0.25) is 0 Å². The molecule has 1 aliphatic rings. The molecule has 2 N–H and O–H groups in total.